The fourth-order valence-electron chi connectivity index (χ4n) is 2.98. The first kappa shape index (κ1) is 25.5. The van der Waals surface area contributed by atoms with Gasteiger partial charge in [-0.1, -0.05) is 30.3 Å². The molecule has 1 rings (SSSR count). The first-order valence-electron chi connectivity index (χ1n) is 9.98. The Labute approximate surface area is 176 Å². The summed E-state index contributed by atoms with van der Waals surface area (Å²) in [7, 11) is 1.56. The van der Waals surface area contributed by atoms with Crippen LogP contribution in [0.4, 0.5) is 0 Å². The van der Waals surface area contributed by atoms with Crippen molar-refractivity contribution in [3.8, 4) is 0 Å². The molecule has 2 N–H and O–H groups in total. The third kappa shape index (κ3) is 10.8. The van der Waals surface area contributed by atoms with Gasteiger partial charge in [-0.05, 0) is 25.3 Å². The summed E-state index contributed by atoms with van der Waals surface area (Å²) in [4.78, 5) is 48.1. The summed E-state index contributed by atoms with van der Waals surface area (Å²) in [6.07, 6.45) is 0.333. The van der Waals surface area contributed by atoms with Crippen LogP contribution < -0.4 is 5.32 Å². The molecule has 2 atom stereocenters. The molecule has 0 spiro atoms. The number of hydrogen-bond acceptors (Lipinski definition) is 6. The summed E-state index contributed by atoms with van der Waals surface area (Å²) < 4.78 is 10.2. The second-order valence-corrected chi connectivity index (χ2v) is 7.13. The minimum absolute atomic E-state index is 0.0159. The van der Waals surface area contributed by atoms with Crippen LogP contribution in [-0.4, -0.2) is 61.5 Å². The Hall–Kier alpha value is -2.58. The molecule has 0 aliphatic carbocycles. The Balaban J connectivity index is 2.71. The van der Waals surface area contributed by atoms with E-state index in [-0.39, 0.29) is 24.4 Å². The molecule has 0 saturated carbocycles. The van der Waals surface area contributed by atoms with E-state index in [1.165, 1.54) is 6.92 Å². The van der Waals surface area contributed by atoms with Crippen molar-refractivity contribution < 1.29 is 33.8 Å². The van der Waals surface area contributed by atoms with Crippen molar-refractivity contribution >= 4 is 23.4 Å². The molecule has 0 heterocycles. The van der Waals surface area contributed by atoms with Crippen LogP contribution in [0.15, 0.2) is 30.3 Å². The molecular weight excluding hydrogens is 390 g/mol. The van der Waals surface area contributed by atoms with Gasteiger partial charge in [0.2, 0.25) is 5.91 Å². The predicted molar refractivity (Wildman–Crippen MR) is 110 cm³/mol. The predicted octanol–water partition coefficient (Wildman–Crippen LogP) is 1.80. The first-order chi connectivity index (χ1) is 14.3. The number of carbonyl (C=O) groups excluding carboxylic acids is 3. The van der Waals surface area contributed by atoms with E-state index >= 15 is 0 Å². The van der Waals surface area contributed by atoms with E-state index in [1.54, 1.807) is 7.11 Å². The lowest BCUT2D eigenvalue weighted by Gasteiger charge is -2.21. The number of ketones is 2. The third-order valence-electron chi connectivity index (χ3n) is 4.46. The highest BCUT2D eigenvalue weighted by atomic mass is 16.5. The molecule has 8 heteroatoms. The van der Waals surface area contributed by atoms with Crippen LogP contribution in [0.1, 0.15) is 38.2 Å². The van der Waals surface area contributed by atoms with Crippen molar-refractivity contribution in [2.45, 2.75) is 45.1 Å². The van der Waals surface area contributed by atoms with Crippen LogP contribution in [0.25, 0.3) is 0 Å². The topological polar surface area (TPSA) is 119 Å². The molecule has 0 unspecified atom stereocenters. The molecule has 8 nitrogen and oxygen atoms in total. The maximum atomic E-state index is 12.8. The summed E-state index contributed by atoms with van der Waals surface area (Å²) in [5, 5.41) is 11.7. The van der Waals surface area contributed by atoms with Gasteiger partial charge in [-0.3, -0.25) is 14.4 Å². The number of benzene rings is 1. The molecule has 0 bridgehead atoms. The normalized spacial score (nSPS) is 12.7. The minimum Gasteiger partial charge on any atom is -0.481 e. The largest absolute Gasteiger partial charge is 0.481 e. The number of carboxylic acids is 1. The van der Waals surface area contributed by atoms with Gasteiger partial charge in [0.05, 0.1) is 25.7 Å². The fraction of sp³-hybridized carbons (Fsp3) is 0.545. The first-order valence-corrected chi connectivity index (χ1v) is 9.98. The number of carbonyl (C=O) groups is 4. The summed E-state index contributed by atoms with van der Waals surface area (Å²) >= 11 is 0. The molecule has 0 aromatic heterocycles. The number of hydrogen-bond donors (Lipinski definition) is 2. The van der Waals surface area contributed by atoms with Crippen molar-refractivity contribution in [2.75, 3.05) is 26.9 Å². The van der Waals surface area contributed by atoms with E-state index in [0.717, 1.165) is 5.56 Å². The average Bonchev–Trinajstić information content (AvgIpc) is 2.69. The minimum atomic E-state index is -1.18. The number of carboxylic acid groups (broad SMARTS) is 1. The molecule has 0 saturated heterocycles. The van der Waals surface area contributed by atoms with Crippen LogP contribution >= 0.6 is 0 Å². The van der Waals surface area contributed by atoms with E-state index in [9.17, 15) is 19.2 Å². The van der Waals surface area contributed by atoms with Crippen molar-refractivity contribution in [3.63, 3.8) is 0 Å². The standard InChI is InChI=1S/C22H31NO7/c1-16(24)13-18(14-17-7-4-3-5-8-17)22(28)23-19(15-21(26)27)20(25)9-6-10-30-12-11-29-2/h3-5,7-8,18-19H,6,9-15H2,1-2H3,(H,23,28)(H,26,27)/t18-,19+/m1/s1. The van der Waals surface area contributed by atoms with Gasteiger partial charge in [0.25, 0.3) is 0 Å². The van der Waals surface area contributed by atoms with Crippen LogP contribution in [0.2, 0.25) is 0 Å². The molecular formula is C22H31NO7. The molecule has 1 aromatic carbocycles. The number of aliphatic carboxylic acids is 1. The van der Waals surface area contributed by atoms with Gasteiger partial charge in [0, 0.05) is 32.5 Å². The number of ether oxygens (including phenoxy) is 2. The fourth-order valence-corrected chi connectivity index (χ4v) is 2.98. The van der Waals surface area contributed by atoms with Crippen molar-refractivity contribution in [1.29, 1.82) is 0 Å². The Bertz CT molecular complexity index is 690. The van der Waals surface area contributed by atoms with Crippen LogP contribution in [0.5, 0.6) is 0 Å². The molecule has 1 amide bonds. The Morgan fingerprint density at radius 1 is 1.03 bits per heavy atom. The Morgan fingerprint density at radius 2 is 1.73 bits per heavy atom. The summed E-state index contributed by atoms with van der Waals surface area (Å²) in [5.74, 6) is -2.88. The molecule has 166 valence electrons. The summed E-state index contributed by atoms with van der Waals surface area (Å²) in [6.45, 7) is 2.59. The number of rotatable bonds is 16. The lowest BCUT2D eigenvalue weighted by molar-refractivity contribution is -0.140. The molecule has 0 fully saturated rings. The number of amides is 1. The number of Topliss-reactive ketones (excluding diaryl/α,β-unsaturated/α-hetero) is 2. The van der Waals surface area contributed by atoms with E-state index in [4.69, 9.17) is 14.6 Å². The second-order valence-electron chi connectivity index (χ2n) is 7.13. The van der Waals surface area contributed by atoms with E-state index in [2.05, 4.69) is 5.32 Å². The number of methoxy groups -OCH3 is 1. The summed E-state index contributed by atoms with van der Waals surface area (Å²) in [5.41, 5.74) is 0.883. The average molecular weight is 421 g/mol. The van der Waals surface area contributed by atoms with Crippen molar-refractivity contribution in [2.24, 2.45) is 5.92 Å². The lowest BCUT2D eigenvalue weighted by atomic mass is 9.93. The Morgan fingerprint density at radius 3 is 2.33 bits per heavy atom. The highest BCUT2D eigenvalue weighted by Gasteiger charge is 2.28. The van der Waals surface area contributed by atoms with Gasteiger partial charge in [-0.25, -0.2) is 0 Å². The molecule has 1 aromatic rings. The van der Waals surface area contributed by atoms with Crippen molar-refractivity contribution in [3.05, 3.63) is 35.9 Å². The Kier molecular flexibility index (Phi) is 12.2. The highest BCUT2D eigenvalue weighted by molar-refractivity contribution is 5.93. The van der Waals surface area contributed by atoms with Crippen LogP contribution in [0.3, 0.4) is 0 Å². The van der Waals surface area contributed by atoms with E-state index < -0.39 is 30.3 Å². The zero-order valence-electron chi connectivity index (χ0n) is 17.6. The molecule has 30 heavy (non-hydrogen) atoms. The van der Waals surface area contributed by atoms with Gasteiger partial charge < -0.3 is 24.7 Å². The molecule has 0 aliphatic rings. The van der Waals surface area contributed by atoms with Crippen LogP contribution in [-0.2, 0) is 35.1 Å². The highest BCUT2D eigenvalue weighted by Crippen LogP contribution is 2.14. The SMILES string of the molecule is COCCOCCCC(=O)[C@H](CC(=O)O)NC(=O)[C@H](CC(C)=O)Cc1ccccc1. The second kappa shape index (κ2) is 14.4. The van der Waals surface area contributed by atoms with E-state index in [0.29, 0.717) is 32.7 Å². The van der Waals surface area contributed by atoms with Gasteiger partial charge in [-0.15, -0.1) is 0 Å². The quantitative estimate of drug-likeness (QED) is 0.391. The zero-order chi connectivity index (χ0) is 22.4. The maximum absolute atomic E-state index is 12.8. The zero-order valence-corrected chi connectivity index (χ0v) is 17.6. The van der Waals surface area contributed by atoms with Crippen molar-refractivity contribution in [1.82, 2.24) is 5.32 Å². The number of nitrogens with one attached hydrogen (secondary N) is 1. The summed E-state index contributed by atoms with van der Waals surface area (Å²) in [6, 6.07) is 8.09. The van der Waals surface area contributed by atoms with Crippen LogP contribution in [0, 0.1) is 5.92 Å². The third-order valence-corrected chi connectivity index (χ3v) is 4.46. The van der Waals surface area contributed by atoms with Gasteiger partial charge in [0.1, 0.15) is 5.78 Å². The van der Waals surface area contributed by atoms with Gasteiger partial charge >= 0.3 is 5.97 Å². The molecule has 0 aliphatic heterocycles. The lowest BCUT2D eigenvalue weighted by Crippen LogP contribution is -2.45. The monoisotopic (exact) mass is 421 g/mol. The smallest absolute Gasteiger partial charge is 0.305 e. The van der Waals surface area contributed by atoms with E-state index in [1.807, 2.05) is 30.3 Å². The molecule has 0 radical (unpaired) electrons. The van der Waals surface area contributed by atoms with Gasteiger partial charge in [-0.2, -0.15) is 0 Å². The maximum Gasteiger partial charge on any atom is 0.305 e. The van der Waals surface area contributed by atoms with Gasteiger partial charge in [0.15, 0.2) is 5.78 Å².